The first-order valence-corrected chi connectivity index (χ1v) is 13.3. The van der Waals surface area contributed by atoms with Gasteiger partial charge in [-0.1, -0.05) is 0 Å². The molecule has 0 aliphatic heterocycles. The molecule has 2 heterocycles. The summed E-state index contributed by atoms with van der Waals surface area (Å²) in [5.74, 6) is -0.135. The number of aromatic nitrogens is 3. The third-order valence-corrected chi connectivity index (χ3v) is 6.30. The molecule has 43 heavy (non-hydrogen) atoms. The maximum absolute atomic E-state index is 12.8. The van der Waals surface area contributed by atoms with Crippen LogP contribution in [0.15, 0.2) is 103 Å². The van der Waals surface area contributed by atoms with E-state index in [9.17, 15) is 14.4 Å². The third-order valence-electron chi connectivity index (χ3n) is 6.30. The van der Waals surface area contributed by atoms with Crippen molar-refractivity contribution in [3.05, 3.63) is 126 Å². The van der Waals surface area contributed by atoms with Crippen molar-refractivity contribution in [1.29, 1.82) is 0 Å². The molecule has 3 amide bonds. The highest BCUT2D eigenvalue weighted by Crippen LogP contribution is 2.19. The van der Waals surface area contributed by atoms with Crippen LogP contribution in [0.25, 0.3) is 0 Å². The quantitative estimate of drug-likeness (QED) is 0.169. The molecule has 0 aliphatic carbocycles. The van der Waals surface area contributed by atoms with Crippen molar-refractivity contribution >= 4 is 52.2 Å². The number of carbonyl (C=O) groups is 3. The van der Waals surface area contributed by atoms with Crippen LogP contribution in [0.3, 0.4) is 0 Å². The molecule has 11 nitrogen and oxygen atoms in total. The van der Waals surface area contributed by atoms with Crippen molar-refractivity contribution in [1.82, 2.24) is 9.97 Å². The lowest BCUT2D eigenvalue weighted by atomic mass is 10.1. The number of amides is 3. The van der Waals surface area contributed by atoms with Gasteiger partial charge in [-0.25, -0.2) is 9.55 Å². The number of aryl methyl sites for hydroxylation is 2. The molecule has 0 spiro atoms. The van der Waals surface area contributed by atoms with Crippen molar-refractivity contribution in [2.75, 3.05) is 27.0 Å². The Kier molecular flexibility index (Phi) is 8.33. The van der Waals surface area contributed by atoms with Gasteiger partial charge in [-0.15, -0.1) is 0 Å². The van der Waals surface area contributed by atoms with Crippen molar-refractivity contribution < 1.29 is 19.0 Å². The molecule has 0 bridgehead atoms. The van der Waals surface area contributed by atoms with Crippen molar-refractivity contribution in [2.24, 2.45) is 7.05 Å². The fourth-order valence-electron chi connectivity index (χ4n) is 4.19. The Morgan fingerprint density at radius 2 is 1.12 bits per heavy atom. The summed E-state index contributed by atoms with van der Waals surface area (Å²) in [5, 5.41) is 11.6. The number of hydrogen-bond acceptors (Lipinski definition) is 7. The zero-order chi connectivity index (χ0) is 30.3. The number of hydrogen-bond donors (Lipinski definition) is 5. The number of rotatable bonds is 8. The highest BCUT2D eigenvalue weighted by atomic mass is 16.2. The Balaban J connectivity index is 1.14. The van der Waals surface area contributed by atoms with E-state index < -0.39 is 0 Å². The minimum Gasteiger partial charge on any atom is -0.368 e. The molecular formula is C32H29N8O3+. The maximum Gasteiger partial charge on any atom is 0.255 e. The Morgan fingerprint density at radius 1 is 0.651 bits per heavy atom. The number of carbonyl (C=O) groups excluding carboxylic acids is 3. The van der Waals surface area contributed by atoms with Gasteiger partial charge in [-0.05, 0) is 85.8 Å². The summed E-state index contributed by atoms with van der Waals surface area (Å²) < 4.78 is 1.84. The fraction of sp³-hybridized carbons (Fsp3) is 0.0625. The molecule has 2 aromatic heterocycles. The number of nitrogen functional groups attached to an aromatic ring is 1. The number of benzene rings is 3. The predicted molar refractivity (Wildman–Crippen MR) is 165 cm³/mol. The average Bonchev–Trinajstić information content (AvgIpc) is 2.98. The molecule has 0 aliphatic rings. The molecule has 5 rings (SSSR count). The molecule has 0 saturated carbocycles. The van der Waals surface area contributed by atoms with E-state index in [2.05, 4.69) is 31.2 Å². The first kappa shape index (κ1) is 28.4. The van der Waals surface area contributed by atoms with E-state index in [-0.39, 0.29) is 23.7 Å². The largest absolute Gasteiger partial charge is 0.368 e. The lowest BCUT2D eigenvalue weighted by molar-refractivity contribution is -0.670. The van der Waals surface area contributed by atoms with E-state index in [1.54, 1.807) is 91.1 Å². The van der Waals surface area contributed by atoms with Gasteiger partial charge in [0.05, 0.1) is 0 Å². The average molecular weight is 574 g/mol. The normalized spacial score (nSPS) is 10.5. The van der Waals surface area contributed by atoms with E-state index in [0.29, 0.717) is 39.6 Å². The van der Waals surface area contributed by atoms with Crippen LogP contribution >= 0.6 is 0 Å². The Morgan fingerprint density at radius 3 is 1.58 bits per heavy atom. The van der Waals surface area contributed by atoms with Gasteiger partial charge in [0.2, 0.25) is 5.95 Å². The second-order valence-electron chi connectivity index (χ2n) is 9.73. The van der Waals surface area contributed by atoms with Crippen molar-refractivity contribution in [3.63, 3.8) is 0 Å². The molecule has 0 atom stereocenters. The summed E-state index contributed by atoms with van der Waals surface area (Å²) in [6.45, 7) is 1.82. The number of anilines is 6. The van der Waals surface area contributed by atoms with Crippen LogP contribution < -0.4 is 31.6 Å². The molecule has 0 radical (unpaired) electrons. The molecule has 3 aromatic carbocycles. The summed E-state index contributed by atoms with van der Waals surface area (Å²) >= 11 is 0. The van der Waals surface area contributed by atoms with Crippen LogP contribution in [-0.2, 0) is 7.05 Å². The monoisotopic (exact) mass is 573 g/mol. The molecule has 6 N–H and O–H groups in total. The van der Waals surface area contributed by atoms with Crippen molar-refractivity contribution in [2.45, 2.75) is 6.92 Å². The number of nitrogens with one attached hydrogen (secondary N) is 4. The van der Waals surface area contributed by atoms with Gasteiger partial charge in [-0.3, -0.25) is 14.4 Å². The lowest BCUT2D eigenvalue weighted by Crippen LogP contribution is -2.27. The third kappa shape index (κ3) is 7.55. The second kappa shape index (κ2) is 12.6. The van der Waals surface area contributed by atoms with Crippen LogP contribution in [0.1, 0.15) is 36.8 Å². The van der Waals surface area contributed by atoms with Crippen LogP contribution in [0.5, 0.6) is 0 Å². The SMILES string of the molecule is Cc1cc(Nc2ccc(C(=O)Nc3ccc(C(=O)Nc4ccc(C(=O)Nc5ccc[n+](C)c5)cc4)cc3)cc2)nc(N)n1. The summed E-state index contributed by atoms with van der Waals surface area (Å²) in [6, 6.07) is 25.5. The number of nitrogens with two attached hydrogens (primary N) is 1. The summed E-state index contributed by atoms with van der Waals surface area (Å²) in [4.78, 5) is 46.2. The topological polar surface area (TPSA) is 155 Å². The Bertz CT molecular complexity index is 1770. The highest BCUT2D eigenvalue weighted by Gasteiger charge is 2.11. The smallest absolute Gasteiger partial charge is 0.255 e. The lowest BCUT2D eigenvalue weighted by Gasteiger charge is -2.10. The minimum absolute atomic E-state index is 0.177. The zero-order valence-electron chi connectivity index (χ0n) is 23.5. The number of nitrogens with zero attached hydrogens (tertiary/aromatic N) is 3. The number of pyridine rings is 1. The van der Waals surface area contributed by atoms with Crippen LogP contribution in [0.2, 0.25) is 0 Å². The molecule has 0 unspecified atom stereocenters. The van der Waals surface area contributed by atoms with Crippen LogP contribution in [0.4, 0.5) is 34.5 Å². The van der Waals surface area contributed by atoms with E-state index in [0.717, 1.165) is 11.4 Å². The standard InChI is InChI=1S/C32H28N8O3/c1-20-18-28(39-32(33)34-20)35-24-11-5-21(6-12-24)29(41)36-25-13-7-22(8-14-25)30(42)37-26-15-9-23(10-16-26)31(43)38-27-4-3-17-40(2)19-27/h3-19H,1-2H3,(H5-,33,34,35,36,37,38,39,41,42,43)/p+1. The minimum atomic E-state index is -0.324. The summed E-state index contributed by atoms with van der Waals surface area (Å²) in [5.41, 5.74) is 10.3. The second-order valence-corrected chi connectivity index (χ2v) is 9.73. The molecular weight excluding hydrogens is 544 g/mol. The van der Waals surface area contributed by atoms with Crippen LogP contribution in [0, 0.1) is 6.92 Å². The Labute approximate surface area is 247 Å². The molecule has 0 fully saturated rings. The van der Waals surface area contributed by atoms with E-state index in [1.165, 1.54) is 0 Å². The highest BCUT2D eigenvalue weighted by molar-refractivity contribution is 6.07. The van der Waals surface area contributed by atoms with Gasteiger partial charge < -0.3 is 27.0 Å². The van der Waals surface area contributed by atoms with Gasteiger partial charge >= 0.3 is 0 Å². The predicted octanol–water partition coefficient (Wildman–Crippen LogP) is 4.69. The van der Waals surface area contributed by atoms with E-state index in [1.807, 2.05) is 30.8 Å². The van der Waals surface area contributed by atoms with E-state index >= 15 is 0 Å². The van der Waals surface area contributed by atoms with Crippen molar-refractivity contribution in [3.8, 4) is 0 Å². The molecule has 5 aromatic rings. The van der Waals surface area contributed by atoms with Gasteiger partial charge in [0, 0.05) is 51.6 Å². The van der Waals surface area contributed by atoms with Gasteiger partial charge in [-0.2, -0.15) is 4.98 Å². The van der Waals surface area contributed by atoms with E-state index in [4.69, 9.17) is 5.73 Å². The Hall–Kier alpha value is -6.10. The van der Waals surface area contributed by atoms with Gasteiger partial charge in [0.15, 0.2) is 12.4 Å². The fourth-order valence-corrected chi connectivity index (χ4v) is 4.19. The first-order chi connectivity index (χ1) is 20.7. The van der Waals surface area contributed by atoms with Crippen LogP contribution in [-0.4, -0.2) is 27.7 Å². The van der Waals surface area contributed by atoms with Gasteiger partial charge in [0.25, 0.3) is 17.7 Å². The maximum atomic E-state index is 12.8. The first-order valence-electron chi connectivity index (χ1n) is 13.3. The molecule has 11 heteroatoms. The molecule has 0 saturated heterocycles. The summed E-state index contributed by atoms with van der Waals surface area (Å²) in [6.07, 6.45) is 3.68. The summed E-state index contributed by atoms with van der Waals surface area (Å²) in [7, 11) is 1.87. The van der Waals surface area contributed by atoms with Gasteiger partial charge in [0.1, 0.15) is 18.6 Å². The molecule has 214 valence electrons. The zero-order valence-corrected chi connectivity index (χ0v) is 23.5.